The van der Waals surface area contributed by atoms with E-state index < -0.39 is 10.1 Å². The molecular formula is C14H25BrO4. The molecule has 0 bridgehead atoms. The number of carbonyl (C=O) groups is 1. The molecule has 0 aromatic carbocycles. The van der Waals surface area contributed by atoms with Crippen LogP contribution in [0.2, 0.25) is 0 Å². The van der Waals surface area contributed by atoms with Crippen molar-refractivity contribution in [3.05, 3.63) is 0 Å². The first kappa shape index (κ1) is 16.9. The van der Waals surface area contributed by atoms with E-state index in [-0.39, 0.29) is 18.2 Å². The molecule has 1 fully saturated rings. The maximum absolute atomic E-state index is 12.1. The Morgan fingerprint density at radius 3 is 2.53 bits per heavy atom. The van der Waals surface area contributed by atoms with Gasteiger partial charge in [0.1, 0.15) is 4.32 Å². The first-order valence-electron chi connectivity index (χ1n) is 6.82. The Balaban J connectivity index is 2.89. The fourth-order valence-electron chi connectivity index (χ4n) is 2.19. The maximum atomic E-state index is 12.1. The van der Waals surface area contributed by atoms with E-state index >= 15 is 0 Å². The van der Waals surface area contributed by atoms with Gasteiger partial charge >= 0.3 is 5.97 Å². The van der Waals surface area contributed by atoms with Gasteiger partial charge in [0.25, 0.3) is 0 Å². The summed E-state index contributed by atoms with van der Waals surface area (Å²) in [6.07, 6.45) is 0.463. The van der Waals surface area contributed by atoms with Crippen molar-refractivity contribution >= 4 is 21.9 Å². The van der Waals surface area contributed by atoms with Crippen molar-refractivity contribution < 1.29 is 19.0 Å². The Bertz CT molecular complexity index is 325. The van der Waals surface area contributed by atoms with Gasteiger partial charge in [-0.1, -0.05) is 29.8 Å². The third-order valence-corrected chi connectivity index (χ3v) is 4.16. The van der Waals surface area contributed by atoms with Crippen molar-refractivity contribution in [2.24, 2.45) is 5.92 Å². The lowest BCUT2D eigenvalue weighted by atomic mass is 9.92. The zero-order valence-corrected chi connectivity index (χ0v) is 14.2. The van der Waals surface area contributed by atoms with Gasteiger partial charge in [-0.2, -0.15) is 0 Å². The Hall–Kier alpha value is -0.130. The number of alkyl halides is 1. The molecular weight excluding hydrogens is 312 g/mol. The lowest BCUT2D eigenvalue weighted by Gasteiger charge is -2.45. The normalized spacial score (nSPS) is 29.9. The largest absolute Gasteiger partial charge is 0.465 e. The third kappa shape index (κ3) is 4.17. The van der Waals surface area contributed by atoms with Crippen molar-refractivity contribution in [1.29, 1.82) is 0 Å². The molecule has 19 heavy (non-hydrogen) atoms. The number of hydrogen-bond acceptors (Lipinski definition) is 4. The highest BCUT2D eigenvalue weighted by Gasteiger charge is 2.48. The second-order valence-corrected chi connectivity index (χ2v) is 7.59. The Labute approximate surface area is 124 Å². The predicted octanol–water partition coefficient (Wildman–Crippen LogP) is 3.27. The van der Waals surface area contributed by atoms with Crippen LogP contribution in [0.3, 0.4) is 0 Å². The molecule has 4 nitrogen and oxygen atoms in total. The average Bonchev–Trinajstić information content (AvgIpc) is 2.27. The zero-order valence-electron chi connectivity index (χ0n) is 12.7. The van der Waals surface area contributed by atoms with E-state index in [1.165, 1.54) is 0 Å². The van der Waals surface area contributed by atoms with Gasteiger partial charge in [-0.25, -0.2) is 0 Å². The monoisotopic (exact) mass is 336 g/mol. The van der Waals surface area contributed by atoms with E-state index in [9.17, 15) is 4.79 Å². The van der Waals surface area contributed by atoms with Crippen LogP contribution in [-0.2, 0) is 19.0 Å². The molecule has 1 aliphatic rings. The molecule has 0 aromatic rings. The van der Waals surface area contributed by atoms with Crippen LogP contribution in [0.4, 0.5) is 0 Å². The molecule has 1 aliphatic heterocycles. The second kappa shape index (κ2) is 6.10. The summed E-state index contributed by atoms with van der Waals surface area (Å²) < 4.78 is 16.1. The minimum absolute atomic E-state index is 0.0695. The fourth-order valence-corrected chi connectivity index (χ4v) is 2.58. The van der Waals surface area contributed by atoms with Crippen LogP contribution in [0.25, 0.3) is 0 Å². The molecule has 0 unspecified atom stereocenters. The van der Waals surface area contributed by atoms with Crippen LogP contribution in [0, 0.1) is 5.92 Å². The van der Waals surface area contributed by atoms with E-state index in [1.54, 1.807) is 13.8 Å². The molecule has 0 aliphatic carbocycles. The quantitative estimate of drug-likeness (QED) is 0.583. The summed E-state index contributed by atoms with van der Waals surface area (Å²) in [5.41, 5.74) is 0. The zero-order chi connectivity index (χ0) is 14.8. The lowest BCUT2D eigenvalue weighted by Crippen LogP contribution is -2.55. The molecule has 1 heterocycles. The van der Waals surface area contributed by atoms with Crippen LogP contribution >= 0.6 is 15.9 Å². The highest BCUT2D eigenvalue weighted by molar-refractivity contribution is 9.10. The molecule has 0 saturated carbocycles. The Kier molecular flexibility index (Phi) is 5.43. The number of esters is 1. The van der Waals surface area contributed by atoms with Gasteiger partial charge in [0.15, 0.2) is 5.79 Å². The van der Waals surface area contributed by atoms with Crippen molar-refractivity contribution in [2.45, 2.75) is 70.3 Å². The van der Waals surface area contributed by atoms with Crippen molar-refractivity contribution in [3.63, 3.8) is 0 Å². The Morgan fingerprint density at radius 1 is 1.47 bits per heavy atom. The number of ether oxygens (including phenoxy) is 3. The molecule has 0 spiro atoms. The summed E-state index contributed by atoms with van der Waals surface area (Å²) in [7, 11) is 0. The highest BCUT2D eigenvalue weighted by atomic mass is 79.9. The molecule has 3 atom stereocenters. The van der Waals surface area contributed by atoms with Gasteiger partial charge in [-0.05, 0) is 33.6 Å². The summed E-state index contributed by atoms with van der Waals surface area (Å²) in [6.45, 7) is 11.9. The minimum Gasteiger partial charge on any atom is -0.465 e. The van der Waals surface area contributed by atoms with E-state index in [0.717, 1.165) is 0 Å². The average molecular weight is 337 g/mol. The van der Waals surface area contributed by atoms with Gasteiger partial charge in [0.2, 0.25) is 0 Å². The van der Waals surface area contributed by atoms with E-state index in [0.29, 0.717) is 18.9 Å². The standard InChI is InChI=1S/C14H25BrO4/c1-7-17-12(16)14(6,15)11-8-10(9(2)3)18-13(4,5)19-11/h9-11H,7-8H2,1-6H3/t10-,11-,14-/m1/s1. The minimum atomic E-state index is -0.850. The third-order valence-electron chi connectivity index (χ3n) is 3.33. The summed E-state index contributed by atoms with van der Waals surface area (Å²) in [4.78, 5) is 12.1. The summed E-state index contributed by atoms with van der Waals surface area (Å²) in [5, 5.41) is 0. The van der Waals surface area contributed by atoms with Crippen LogP contribution < -0.4 is 0 Å². The van der Waals surface area contributed by atoms with Gasteiger partial charge in [-0.15, -0.1) is 0 Å². The highest BCUT2D eigenvalue weighted by Crippen LogP contribution is 2.38. The van der Waals surface area contributed by atoms with E-state index in [2.05, 4.69) is 29.8 Å². The first-order valence-corrected chi connectivity index (χ1v) is 7.61. The molecule has 0 radical (unpaired) electrons. The SMILES string of the molecule is CCOC(=O)[C@](C)(Br)[C@H]1C[C@H](C(C)C)OC(C)(C)O1. The molecule has 112 valence electrons. The molecule has 0 aromatic heterocycles. The molecule has 0 amide bonds. The van der Waals surface area contributed by atoms with Gasteiger partial charge in [0.05, 0.1) is 18.8 Å². The van der Waals surface area contributed by atoms with Crippen molar-refractivity contribution in [3.8, 4) is 0 Å². The maximum Gasteiger partial charge on any atom is 0.325 e. The van der Waals surface area contributed by atoms with Crippen LogP contribution in [0.1, 0.15) is 48.0 Å². The van der Waals surface area contributed by atoms with Crippen LogP contribution in [-0.4, -0.2) is 34.9 Å². The van der Waals surface area contributed by atoms with Gasteiger partial charge < -0.3 is 14.2 Å². The fraction of sp³-hybridized carbons (Fsp3) is 0.929. The van der Waals surface area contributed by atoms with Crippen LogP contribution in [0.5, 0.6) is 0 Å². The molecule has 0 N–H and O–H groups in total. The Morgan fingerprint density at radius 2 is 2.05 bits per heavy atom. The van der Waals surface area contributed by atoms with E-state index in [1.807, 2.05) is 13.8 Å². The summed E-state index contributed by atoms with van der Waals surface area (Å²) in [6, 6.07) is 0. The second-order valence-electron chi connectivity index (χ2n) is 5.94. The predicted molar refractivity (Wildman–Crippen MR) is 77.2 cm³/mol. The number of rotatable bonds is 4. The number of hydrogen-bond donors (Lipinski definition) is 0. The van der Waals surface area contributed by atoms with Crippen LogP contribution in [0.15, 0.2) is 0 Å². The number of carbonyl (C=O) groups excluding carboxylic acids is 1. The van der Waals surface area contributed by atoms with Gasteiger partial charge in [-0.3, -0.25) is 4.79 Å². The van der Waals surface area contributed by atoms with Crippen molar-refractivity contribution in [1.82, 2.24) is 0 Å². The smallest absolute Gasteiger partial charge is 0.325 e. The number of halogens is 1. The van der Waals surface area contributed by atoms with Gasteiger partial charge in [0, 0.05) is 6.42 Å². The topological polar surface area (TPSA) is 44.8 Å². The lowest BCUT2D eigenvalue weighted by molar-refractivity contribution is -0.309. The first-order chi connectivity index (χ1) is 8.60. The van der Waals surface area contributed by atoms with Crippen molar-refractivity contribution in [2.75, 3.05) is 6.61 Å². The summed E-state index contributed by atoms with van der Waals surface area (Å²) >= 11 is 3.48. The summed E-state index contributed by atoms with van der Waals surface area (Å²) in [5.74, 6) is -0.615. The molecule has 1 saturated heterocycles. The molecule has 1 rings (SSSR count). The molecule has 5 heteroatoms. The van der Waals surface area contributed by atoms with E-state index in [4.69, 9.17) is 14.2 Å².